The number of alkyl halides is 1. The summed E-state index contributed by atoms with van der Waals surface area (Å²) >= 11 is 0. The van der Waals surface area contributed by atoms with Crippen molar-refractivity contribution in [2.45, 2.75) is 19.4 Å². The molecule has 0 aromatic heterocycles. The van der Waals surface area contributed by atoms with Crippen LogP contribution in [-0.2, 0) is 0 Å². The van der Waals surface area contributed by atoms with Crippen LogP contribution in [0.5, 0.6) is 17.2 Å². The van der Waals surface area contributed by atoms with Crippen LogP contribution in [0.2, 0.25) is 0 Å². The molecule has 0 radical (unpaired) electrons. The van der Waals surface area contributed by atoms with Crippen molar-refractivity contribution in [2.24, 2.45) is 5.92 Å². The summed E-state index contributed by atoms with van der Waals surface area (Å²) < 4.78 is 25.3. The number of allylic oxidation sites excluding steroid dienone is 1. The van der Waals surface area contributed by atoms with Crippen LogP contribution in [0.3, 0.4) is 0 Å². The summed E-state index contributed by atoms with van der Waals surface area (Å²) in [6, 6.07) is 23.5. The molecule has 2 aliphatic heterocycles. The molecule has 2 atom stereocenters. The highest BCUT2D eigenvalue weighted by atomic mass is 19.1. The molecule has 0 amide bonds. The molecule has 2 aliphatic rings. The van der Waals surface area contributed by atoms with Gasteiger partial charge in [0.1, 0.15) is 30.0 Å². The molecule has 0 bridgehead atoms. The van der Waals surface area contributed by atoms with E-state index < -0.39 is 0 Å². The highest BCUT2D eigenvalue weighted by Crippen LogP contribution is 2.47. The lowest BCUT2D eigenvalue weighted by Crippen LogP contribution is -2.26. The molecular weight excluding hydrogens is 429 g/mol. The summed E-state index contributed by atoms with van der Waals surface area (Å²) in [5.41, 5.74) is 5.22. The maximum absolute atomic E-state index is 12.8. The molecule has 1 N–H and O–H groups in total. The van der Waals surface area contributed by atoms with Gasteiger partial charge in [0.15, 0.2) is 0 Å². The van der Waals surface area contributed by atoms with Crippen molar-refractivity contribution in [3.05, 3.63) is 89.5 Å². The van der Waals surface area contributed by atoms with Crippen LogP contribution in [0.4, 0.5) is 4.39 Å². The lowest BCUT2D eigenvalue weighted by molar-refractivity contribution is 0.228. The molecular formula is C29H30FNO3. The van der Waals surface area contributed by atoms with Gasteiger partial charge in [-0.2, -0.15) is 0 Å². The Kier molecular flexibility index (Phi) is 6.54. The van der Waals surface area contributed by atoms with Crippen LogP contribution < -0.4 is 9.47 Å². The molecule has 3 aromatic rings. The summed E-state index contributed by atoms with van der Waals surface area (Å²) in [6.45, 7) is 5.03. The van der Waals surface area contributed by atoms with E-state index in [1.54, 1.807) is 12.1 Å². The average Bonchev–Trinajstić information content (AvgIpc) is 3.33. The van der Waals surface area contributed by atoms with Crippen LogP contribution >= 0.6 is 0 Å². The smallest absolute Gasteiger partial charge is 0.150 e. The SMILES string of the molecule is CC1=C(c2ccccc2)C(c2ccc(OCCN3CC[C@@H](CF)C3)cc2)Oc2ccc(O)cc21. The molecule has 5 heteroatoms. The molecule has 2 heterocycles. The van der Waals surface area contributed by atoms with Gasteiger partial charge < -0.3 is 14.6 Å². The van der Waals surface area contributed by atoms with Crippen LogP contribution in [0.1, 0.15) is 36.1 Å². The predicted molar refractivity (Wildman–Crippen MR) is 133 cm³/mol. The molecule has 3 aromatic carbocycles. The van der Waals surface area contributed by atoms with Crippen molar-refractivity contribution in [1.29, 1.82) is 0 Å². The van der Waals surface area contributed by atoms with Gasteiger partial charge in [0.25, 0.3) is 0 Å². The van der Waals surface area contributed by atoms with Gasteiger partial charge >= 0.3 is 0 Å². The van der Waals surface area contributed by atoms with Gasteiger partial charge in [0.2, 0.25) is 0 Å². The molecule has 176 valence electrons. The van der Waals surface area contributed by atoms with Gasteiger partial charge in [-0.25, -0.2) is 0 Å². The highest BCUT2D eigenvalue weighted by Gasteiger charge is 2.29. The zero-order valence-electron chi connectivity index (χ0n) is 19.4. The first-order valence-electron chi connectivity index (χ1n) is 11.9. The largest absolute Gasteiger partial charge is 0.508 e. The summed E-state index contributed by atoms with van der Waals surface area (Å²) in [7, 11) is 0. The monoisotopic (exact) mass is 459 g/mol. The first-order valence-corrected chi connectivity index (χ1v) is 11.9. The second kappa shape index (κ2) is 9.90. The van der Waals surface area contributed by atoms with Crippen LogP contribution in [-0.4, -0.2) is 42.9 Å². The van der Waals surface area contributed by atoms with Crippen molar-refractivity contribution < 1.29 is 19.0 Å². The highest BCUT2D eigenvalue weighted by molar-refractivity contribution is 5.95. The minimum atomic E-state index is -0.268. The second-order valence-electron chi connectivity index (χ2n) is 9.11. The number of phenolic OH excluding ortho intramolecular Hbond substituents is 1. The van der Waals surface area contributed by atoms with E-state index >= 15 is 0 Å². The lowest BCUT2D eigenvalue weighted by atomic mass is 9.86. The molecule has 1 unspecified atom stereocenters. The van der Waals surface area contributed by atoms with E-state index in [2.05, 4.69) is 36.1 Å². The van der Waals surface area contributed by atoms with Gasteiger partial charge in [-0.3, -0.25) is 9.29 Å². The number of hydrogen-bond donors (Lipinski definition) is 1. The van der Waals surface area contributed by atoms with Crippen molar-refractivity contribution >= 4 is 11.1 Å². The molecule has 1 saturated heterocycles. The normalized spacial score (nSPS) is 20.2. The summed E-state index contributed by atoms with van der Waals surface area (Å²) in [4.78, 5) is 2.27. The van der Waals surface area contributed by atoms with Crippen molar-refractivity contribution in [2.75, 3.05) is 32.9 Å². The topological polar surface area (TPSA) is 41.9 Å². The maximum Gasteiger partial charge on any atom is 0.150 e. The molecule has 0 spiro atoms. The Bertz CT molecular complexity index is 1160. The Morgan fingerprint density at radius 3 is 2.59 bits per heavy atom. The van der Waals surface area contributed by atoms with Gasteiger partial charge in [-0.1, -0.05) is 42.5 Å². The van der Waals surface area contributed by atoms with E-state index in [9.17, 15) is 9.50 Å². The minimum absolute atomic E-state index is 0.180. The van der Waals surface area contributed by atoms with Crippen molar-refractivity contribution in [1.82, 2.24) is 4.90 Å². The number of hydrogen-bond acceptors (Lipinski definition) is 4. The van der Waals surface area contributed by atoms with E-state index in [1.807, 2.05) is 36.4 Å². The molecule has 4 nitrogen and oxygen atoms in total. The number of fused-ring (bicyclic) bond motifs is 1. The fraction of sp³-hybridized carbons (Fsp3) is 0.310. The molecule has 1 fully saturated rings. The standard InChI is InChI=1S/C29H30FNO3/c1-20-26-17-24(32)9-12-27(26)34-29(28(20)22-5-3-2-4-6-22)23-7-10-25(11-8-23)33-16-15-31-14-13-21(18-30)19-31/h2-12,17,21,29,32H,13-16,18-19H2,1H3/t21-,29?/m0/s1. The lowest BCUT2D eigenvalue weighted by Gasteiger charge is -2.31. The average molecular weight is 460 g/mol. The Morgan fingerprint density at radius 1 is 1.06 bits per heavy atom. The van der Waals surface area contributed by atoms with Gasteiger partial charge in [0, 0.05) is 30.1 Å². The van der Waals surface area contributed by atoms with Crippen molar-refractivity contribution in [3.8, 4) is 17.2 Å². The molecule has 34 heavy (non-hydrogen) atoms. The number of aromatic hydroxyl groups is 1. The van der Waals surface area contributed by atoms with Crippen LogP contribution in [0.15, 0.2) is 72.8 Å². The van der Waals surface area contributed by atoms with Gasteiger partial charge in [-0.15, -0.1) is 0 Å². The Hall–Kier alpha value is -3.31. The number of nitrogens with zero attached hydrogens (tertiary/aromatic N) is 1. The second-order valence-corrected chi connectivity index (χ2v) is 9.11. The number of likely N-dealkylation sites (tertiary alicyclic amines) is 1. The Balaban J connectivity index is 1.35. The number of rotatable bonds is 7. The number of benzene rings is 3. The number of halogens is 1. The van der Waals surface area contributed by atoms with E-state index in [1.165, 1.54) is 0 Å². The van der Waals surface area contributed by atoms with Gasteiger partial charge in [0.05, 0.1) is 6.67 Å². The summed E-state index contributed by atoms with van der Waals surface area (Å²) in [5.74, 6) is 1.98. The fourth-order valence-corrected chi connectivity index (χ4v) is 4.94. The van der Waals surface area contributed by atoms with Gasteiger partial charge in [-0.05, 0) is 66.9 Å². The van der Waals surface area contributed by atoms with Crippen LogP contribution in [0.25, 0.3) is 11.1 Å². The third kappa shape index (κ3) is 4.66. The third-order valence-electron chi connectivity index (χ3n) is 6.81. The zero-order valence-corrected chi connectivity index (χ0v) is 19.4. The molecule has 5 rings (SSSR count). The number of ether oxygens (including phenoxy) is 2. The first kappa shape index (κ1) is 22.5. The minimum Gasteiger partial charge on any atom is -0.508 e. The summed E-state index contributed by atoms with van der Waals surface area (Å²) in [5, 5.41) is 10.0. The predicted octanol–water partition coefficient (Wildman–Crippen LogP) is 6.13. The number of phenols is 1. The third-order valence-corrected chi connectivity index (χ3v) is 6.81. The Labute approximate surface area is 200 Å². The van der Waals surface area contributed by atoms with Crippen LogP contribution in [0, 0.1) is 5.92 Å². The molecule has 0 aliphatic carbocycles. The van der Waals surface area contributed by atoms with E-state index in [4.69, 9.17) is 9.47 Å². The molecule has 0 saturated carbocycles. The zero-order chi connectivity index (χ0) is 23.5. The van der Waals surface area contributed by atoms with E-state index in [-0.39, 0.29) is 24.4 Å². The van der Waals surface area contributed by atoms with E-state index in [0.717, 1.165) is 65.4 Å². The van der Waals surface area contributed by atoms with Crippen molar-refractivity contribution in [3.63, 3.8) is 0 Å². The summed E-state index contributed by atoms with van der Waals surface area (Å²) in [6.07, 6.45) is 0.669. The first-order chi connectivity index (χ1) is 16.6. The maximum atomic E-state index is 12.8. The Morgan fingerprint density at radius 2 is 1.85 bits per heavy atom. The fourth-order valence-electron chi connectivity index (χ4n) is 4.94. The van der Waals surface area contributed by atoms with E-state index in [0.29, 0.717) is 6.61 Å². The quantitative estimate of drug-likeness (QED) is 0.462.